The van der Waals surface area contributed by atoms with Crippen LogP contribution in [0.2, 0.25) is 0 Å². The molecule has 0 aliphatic carbocycles. The second-order valence-electron chi connectivity index (χ2n) is 4.57. The first-order valence-electron chi connectivity index (χ1n) is 6.09. The Labute approximate surface area is 116 Å². The van der Waals surface area contributed by atoms with Gasteiger partial charge in [-0.2, -0.15) is 0 Å². The summed E-state index contributed by atoms with van der Waals surface area (Å²) in [5.74, 6) is -2.45. The van der Waals surface area contributed by atoms with E-state index in [4.69, 9.17) is 0 Å². The van der Waals surface area contributed by atoms with E-state index in [1.54, 1.807) is 13.8 Å². The molecule has 2 aromatic carbocycles. The van der Waals surface area contributed by atoms with Gasteiger partial charge in [-0.05, 0) is 42.2 Å². The van der Waals surface area contributed by atoms with Crippen LogP contribution in [0.25, 0.3) is 11.1 Å². The molecule has 0 atom stereocenters. The Morgan fingerprint density at radius 1 is 0.900 bits per heavy atom. The van der Waals surface area contributed by atoms with Crippen LogP contribution in [0.15, 0.2) is 36.4 Å². The molecule has 0 unspecified atom stereocenters. The number of rotatable bonds is 3. The third kappa shape index (κ3) is 2.28. The van der Waals surface area contributed by atoms with E-state index < -0.39 is 11.9 Å². The fourth-order valence-corrected chi connectivity index (χ4v) is 2.28. The van der Waals surface area contributed by atoms with E-state index in [2.05, 4.69) is 0 Å². The largest absolute Gasteiger partial charge is 0.478 e. The summed E-state index contributed by atoms with van der Waals surface area (Å²) < 4.78 is 0. The van der Waals surface area contributed by atoms with E-state index in [0.717, 1.165) is 16.7 Å². The van der Waals surface area contributed by atoms with Gasteiger partial charge in [-0.3, -0.25) is 0 Å². The predicted molar refractivity (Wildman–Crippen MR) is 75.3 cm³/mol. The van der Waals surface area contributed by atoms with E-state index >= 15 is 0 Å². The zero-order valence-corrected chi connectivity index (χ0v) is 11.2. The van der Waals surface area contributed by atoms with Gasteiger partial charge in [-0.1, -0.05) is 30.3 Å². The van der Waals surface area contributed by atoms with E-state index in [1.165, 1.54) is 6.07 Å². The van der Waals surface area contributed by atoms with Gasteiger partial charge in [0.15, 0.2) is 0 Å². The Balaban J connectivity index is 2.80. The van der Waals surface area contributed by atoms with Crippen molar-refractivity contribution in [3.63, 3.8) is 0 Å². The van der Waals surface area contributed by atoms with Crippen molar-refractivity contribution in [2.75, 3.05) is 0 Å². The molecule has 4 heteroatoms. The molecule has 4 nitrogen and oxygen atoms in total. The Bertz CT molecular complexity index is 687. The SMILES string of the molecule is Cc1c(-c2ccccc2)cc(C(=O)O)c(C(=O)O)c1C. The van der Waals surface area contributed by atoms with Gasteiger partial charge in [0.05, 0.1) is 11.1 Å². The molecule has 0 saturated carbocycles. The summed E-state index contributed by atoms with van der Waals surface area (Å²) in [6.45, 7) is 3.44. The first-order chi connectivity index (χ1) is 9.43. The maximum Gasteiger partial charge on any atom is 0.336 e. The van der Waals surface area contributed by atoms with Crippen molar-refractivity contribution >= 4 is 11.9 Å². The molecule has 2 rings (SSSR count). The van der Waals surface area contributed by atoms with Crippen LogP contribution in [0.3, 0.4) is 0 Å². The summed E-state index contributed by atoms with van der Waals surface area (Å²) in [5.41, 5.74) is 2.54. The zero-order valence-electron chi connectivity index (χ0n) is 11.2. The van der Waals surface area contributed by atoms with Crippen LogP contribution in [0.1, 0.15) is 31.8 Å². The molecule has 102 valence electrons. The number of hydrogen-bond acceptors (Lipinski definition) is 2. The average Bonchev–Trinajstić information content (AvgIpc) is 2.41. The first kappa shape index (κ1) is 13.8. The van der Waals surface area contributed by atoms with Crippen LogP contribution >= 0.6 is 0 Å². The maximum atomic E-state index is 11.3. The quantitative estimate of drug-likeness (QED) is 0.896. The van der Waals surface area contributed by atoms with Crippen LogP contribution in [-0.2, 0) is 0 Å². The van der Waals surface area contributed by atoms with Gasteiger partial charge in [0.25, 0.3) is 0 Å². The minimum absolute atomic E-state index is 0.144. The number of hydrogen-bond donors (Lipinski definition) is 2. The Morgan fingerprint density at radius 3 is 2.00 bits per heavy atom. The van der Waals surface area contributed by atoms with Crippen LogP contribution in [0.5, 0.6) is 0 Å². The number of aromatic carboxylic acids is 2. The second-order valence-corrected chi connectivity index (χ2v) is 4.57. The molecule has 0 aromatic heterocycles. The molecule has 0 spiro atoms. The van der Waals surface area contributed by atoms with Gasteiger partial charge in [0.2, 0.25) is 0 Å². The minimum atomic E-state index is -1.23. The first-order valence-corrected chi connectivity index (χ1v) is 6.09. The molecule has 0 aliphatic rings. The third-order valence-corrected chi connectivity index (χ3v) is 3.43. The van der Waals surface area contributed by atoms with Crippen LogP contribution < -0.4 is 0 Å². The van der Waals surface area contributed by atoms with Gasteiger partial charge >= 0.3 is 11.9 Å². The predicted octanol–water partition coefficient (Wildman–Crippen LogP) is 3.37. The highest BCUT2D eigenvalue weighted by Gasteiger charge is 2.22. The van der Waals surface area contributed by atoms with Gasteiger partial charge in [-0.25, -0.2) is 9.59 Å². The molecule has 0 aliphatic heterocycles. The summed E-state index contributed by atoms with van der Waals surface area (Å²) in [4.78, 5) is 22.6. The second kappa shape index (κ2) is 5.17. The molecule has 2 aromatic rings. The molecular formula is C16H14O4. The molecule has 0 fully saturated rings. The highest BCUT2D eigenvalue weighted by molar-refractivity contribution is 6.04. The van der Waals surface area contributed by atoms with Gasteiger partial charge in [-0.15, -0.1) is 0 Å². The molecule has 0 saturated heterocycles. The number of benzene rings is 2. The summed E-state index contributed by atoms with van der Waals surface area (Å²) >= 11 is 0. The topological polar surface area (TPSA) is 74.6 Å². The van der Waals surface area contributed by atoms with E-state index in [-0.39, 0.29) is 11.1 Å². The monoisotopic (exact) mass is 270 g/mol. The van der Waals surface area contributed by atoms with E-state index in [0.29, 0.717) is 5.56 Å². The summed E-state index contributed by atoms with van der Waals surface area (Å²) in [6.07, 6.45) is 0. The van der Waals surface area contributed by atoms with Crippen molar-refractivity contribution in [1.82, 2.24) is 0 Å². The summed E-state index contributed by atoms with van der Waals surface area (Å²) in [6, 6.07) is 10.8. The van der Waals surface area contributed by atoms with Gasteiger partial charge in [0, 0.05) is 0 Å². The van der Waals surface area contributed by atoms with Crippen LogP contribution in [-0.4, -0.2) is 22.2 Å². The summed E-state index contributed by atoms with van der Waals surface area (Å²) in [7, 11) is 0. The Hall–Kier alpha value is -2.62. The zero-order chi connectivity index (χ0) is 14.9. The average molecular weight is 270 g/mol. The standard InChI is InChI=1S/C16H14O4/c1-9-10(2)14(16(19)20)13(15(17)18)8-12(9)11-6-4-3-5-7-11/h3-8H,1-2H3,(H,17,18)(H,19,20). The van der Waals surface area contributed by atoms with Gasteiger partial charge < -0.3 is 10.2 Å². The van der Waals surface area contributed by atoms with Crippen LogP contribution in [0, 0.1) is 13.8 Å². The van der Waals surface area contributed by atoms with Crippen molar-refractivity contribution in [3.05, 3.63) is 58.7 Å². The normalized spacial score (nSPS) is 10.3. The molecule has 0 bridgehead atoms. The molecular weight excluding hydrogens is 256 g/mol. The summed E-state index contributed by atoms with van der Waals surface area (Å²) in [5, 5.41) is 18.5. The lowest BCUT2D eigenvalue weighted by molar-refractivity contribution is 0.0651. The highest BCUT2D eigenvalue weighted by atomic mass is 16.4. The molecule has 2 N–H and O–H groups in total. The van der Waals surface area contributed by atoms with Crippen molar-refractivity contribution in [2.45, 2.75) is 13.8 Å². The Kier molecular flexibility index (Phi) is 3.57. The lowest BCUT2D eigenvalue weighted by atomic mass is 9.90. The van der Waals surface area contributed by atoms with Gasteiger partial charge in [0.1, 0.15) is 0 Å². The van der Waals surface area contributed by atoms with Crippen molar-refractivity contribution in [1.29, 1.82) is 0 Å². The molecule has 20 heavy (non-hydrogen) atoms. The molecule has 0 radical (unpaired) electrons. The Morgan fingerprint density at radius 2 is 1.50 bits per heavy atom. The fourth-order valence-electron chi connectivity index (χ4n) is 2.28. The third-order valence-electron chi connectivity index (χ3n) is 3.43. The van der Waals surface area contributed by atoms with E-state index in [9.17, 15) is 19.8 Å². The highest BCUT2D eigenvalue weighted by Crippen LogP contribution is 2.30. The maximum absolute atomic E-state index is 11.3. The minimum Gasteiger partial charge on any atom is -0.478 e. The lowest BCUT2D eigenvalue weighted by Crippen LogP contribution is -2.12. The van der Waals surface area contributed by atoms with E-state index in [1.807, 2.05) is 30.3 Å². The smallest absolute Gasteiger partial charge is 0.336 e. The molecule has 0 amide bonds. The van der Waals surface area contributed by atoms with Crippen molar-refractivity contribution in [3.8, 4) is 11.1 Å². The lowest BCUT2D eigenvalue weighted by Gasteiger charge is -2.14. The number of carbonyl (C=O) groups is 2. The number of carboxylic acid groups (broad SMARTS) is 2. The van der Waals surface area contributed by atoms with Crippen molar-refractivity contribution < 1.29 is 19.8 Å². The number of carboxylic acids is 2. The van der Waals surface area contributed by atoms with Crippen molar-refractivity contribution in [2.24, 2.45) is 0 Å². The molecule has 0 heterocycles. The fraction of sp³-hybridized carbons (Fsp3) is 0.125. The van der Waals surface area contributed by atoms with Crippen LogP contribution in [0.4, 0.5) is 0 Å².